The monoisotopic (exact) mass is 284 g/mol. The van der Waals surface area contributed by atoms with E-state index in [1.54, 1.807) is 18.0 Å². The Balaban J connectivity index is 1.75. The van der Waals surface area contributed by atoms with Crippen molar-refractivity contribution in [3.63, 3.8) is 0 Å². The highest BCUT2D eigenvalue weighted by Gasteiger charge is 2.14. The van der Waals surface area contributed by atoms with Crippen molar-refractivity contribution in [3.05, 3.63) is 59.9 Å². The molecule has 0 aliphatic carbocycles. The number of H-pyrrole nitrogens is 1. The van der Waals surface area contributed by atoms with E-state index in [2.05, 4.69) is 20.3 Å². The molecule has 2 heterocycles. The second-order valence-electron chi connectivity index (χ2n) is 4.59. The summed E-state index contributed by atoms with van der Waals surface area (Å²) in [4.78, 5) is 4.42. The second-order valence-corrected chi connectivity index (χ2v) is 4.59. The maximum absolute atomic E-state index is 6.19. The van der Waals surface area contributed by atoms with Crippen molar-refractivity contribution in [2.45, 2.75) is 12.6 Å². The Morgan fingerprint density at radius 3 is 2.81 bits per heavy atom. The number of hydrogen-bond acceptors (Lipinski definition) is 5. The van der Waals surface area contributed by atoms with Crippen LogP contribution in [0.5, 0.6) is 5.75 Å². The van der Waals surface area contributed by atoms with Crippen molar-refractivity contribution in [2.24, 2.45) is 5.73 Å². The third-order valence-electron chi connectivity index (χ3n) is 3.17. The largest absolute Gasteiger partial charge is 0.497 e. The highest BCUT2D eigenvalue weighted by Crippen LogP contribution is 2.19. The maximum Gasteiger partial charge on any atom is 0.171 e. The topological polar surface area (TPSA) is 94.6 Å². The summed E-state index contributed by atoms with van der Waals surface area (Å²) >= 11 is 0. The molecule has 7 nitrogen and oxygen atoms in total. The third-order valence-corrected chi connectivity index (χ3v) is 3.17. The van der Waals surface area contributed by atoms with Gasteiger partial charge < -0.3 is 10.5 Å². The van der Waals surface area contributed by atoms with Crippen LogP contribution in [-0.2, 0) is 6.54 Å². The summed E-state index contributed by atoms with van der Waals surface area (Å²) in [5, 5.41) is 11.2. The van der Waals surface area contributed by atoms with Gasteiger partial charge in [0.25, 0.3) is 0 Å². The van der Waals surface area contributed by atoms with E-state index in [0.717, 1.165) is 17.1 Å². The summed E-state index contributed by atoms with van der Waals surface area (Å²) in [7, 11) is 1.63. The highest BCUT2D eigenvalue weighted by molar-refractivity contribution is 5.31. The summed E-state index contributed by atoms with van der Waals surface area (Å²) in [5.74, 6) is 2.07. The van der Waals surface area contributed by atoms with Crippen LogP contribution in [0.2, 0.25) is 0 Å². The number of nitrogens with two attached hydrogens (primary N) is 1. The van der Waals surface area contributed by atoms with E-state index in [9.17, 15) is 0 Å². The van der Waals surface area contributed by atoms with Gasteiger partial charge in [0.05, 0.1) is 13.2 Å². The minimum atomic E-state index is -0.376. The molecule has 0 spiro atoms. The van der Waals surface area contributed by atoms with Crippen LogP contribution in [-0.4, -0.2) is 32.1 Å². The number of aromatic nitrogens is 5. The van der Waals surface area contributed by atoms with E-state index in [4.69, 9.17) is 10.5 Å². The Labute approximate surface area is 121 Å². The SMILES string of the molecule is COc1ccc(C(N)c2n[nH]c(Cn3cccn3)n2)cc1. The van der Waals surface area contributed by atoms with Crippen molar-refractivity contribution < 1.29 is 4.74 Å². The zero-order chi connectivity index (χ0) is 14.7. The van der Waals surface area contributed by atoms with Gasteiger partial charge in [0.2, 0.25) is 0 Å². The van der Waals surface area contributed by atoms with E-state index >= 15 is 0 Å². The number of hydrogen-bond donors (Lipinski definition) is 2. The standard InChI is InChI=1S/C14H16N6O/c1-21-11-5-3-10(4-6-11)13(15)14-17-12(18-19-14)9-20-8-2-7-16-20/h2-8,13H,9,15H2,1H3,(H,17,18,19). The van der Waals surface area contributed by atoms with Crippen LogP contribution in [0.15, 0.2) is 42.7 Å². The third kappa shape index (κ3) is 2.92. The van der Waals surface area contributed by atoms with Gasteiger partial charge in [-0.05, 0) is 23.8 Å². The molecular weight excluding hydrogens is 268 g/mol. The Bertz CT molecular complexity index is 689. The smallest absolute Gasteiger partial charge is 0.171 e. The van der Waals surface area contributed by atoms with E-state index < -0.39 is 0 Å². The van der Waals surface area contributed by atoms with Gasteiger partial charge in [-0.25, -0.2) is 4.98 Å². The van der Waals surface area contributed by atoms with Crippen molar-refractivity contribution >= 4 is 0 Å². The van der Waals surface area contributed by atoms with Gasteiger partial charge in [0.15, 0.2) is 5.82 Å². The predicted molar refractivity (Wildman–Crippen MR) is 76.7 cm³/mol. The van der Waals surface area contributed by atoms with E-state index in [1.165, 1.54) is 0 Å². The molecule has 3 N–H and O–H groups in total. The molecule has 3 aromatic rings. The van der Waals surface area contributed by atoms with E-state index in [-0.39, 0.29) is 6.04 Å². The number of rotatable bonds is 5. The summed E-state index contributed by atoms with van der Waals surface area (Å²) in [6, 6.07) is 9.04. The first-order chi connectivity index (χ1) is 10.3. The fourth-order valence-corrected chi connectivity index (χ4v) is 2.03. The summed E-state index contributed by atoms with van der Waals surface area (Å²) in [5.41, 5.74) is 7.12. The first kappa shape index (κ1) is 13.3. The van der Waals surface area contributed by atoms with Gasteiger partial charge in [0, 0.05) is 12.4 Å². The maximum atomic E-state index is 6.19. The van der Waals surface area contributed by atoms with Gasteiger partial charge in [-0.1, -0.05) is 12.1 Å². The molecule has 1 aromatic carbocycles. The number of ether oxygens (including phenoxy) is 1. The number of nitrogens with one attached hydrogen (secondary N) is 1. The van der Waals surface area contributed by atoms with Crippen LogP contribution in [0.1, 0.15) is 23.3 Å². The molecule has 0 saturated heterocycles. The molecular formula is C14H16N6O. The van der Waals surface area contributed by atoms with Crippen LogP contribution < -0.4 is 10.5 Å². The highest BCUT2D eigenvalue weighted by atomic mass is 16.5. The minimum Gasteiger partial charge on any atom is -0.497 e. The predicted octanol–water partition coefficient (Wildman–Crippen LogP) is 1.11. The zero-order valence-electron chi connectivity index (χ0n) is 11.6. The lowest BCUT2D eigenvalue weighted by Crippen LogP contribution is -2.13. The van der Waals surface area contributed by atoms with Crippen LogP contribution >= 0.6 is 0 Å². The summed E-state index contributed by atoms with van der Waals surface area (Å²) in [6.07, 6.45) is 3.59. The Morgan fingerprint density at radius 2 is 2.14 bits per heavy atom. The van der Waals surface area contributed by atoms with Crippen molar-refractivity contribution in [1.82, 2.24) is 25.0 Å². The van der Waals surface area contributed by atoms with E-state index in [0.29, 0.717) is 12.4 Å². The quantitative estimate of drug-likeness (QED) is 0.731. The molecule has 2 aromatic heterocycles. The van der Waals surface area contributed by atoms with Crippen molar-refractivity contribution in [3.8, 4) is 5.75 Å². The van der Waals surface area contributed by atoms with Gasteiger partial charge in [0.1, 0.15) is 18.1 Å². The Morgan fingerprint density at radius 1 is 1.33 bits per heavy atom. The zero-order valence-corrected chi connectivity index (χ0v) is 11.6. The Kier molecular flexibility index (Phi) is 3.65. The normalized spacial score (nSPS) is 12.3. The minimum absolute atomic E-state index is 0.376. The van der Waals surface area contributed by atoms with Gasteiger partial charge in [-0.3, -0.25) is 9.78 Å². The summed E-state index contributed by atoms with van der Waals surface area (Å²) < 4.78 is 6.90. The molecule has 1 unspecified atom stereocenters. The van der Waals surface area contributed by atoms with Gasteiger partial charge >= 0.3 is 0 Å². The molecule has 7 heteroatoms. The molecule has 108 valence electrons. The number of benzene rings is 1. The molecule has 21 heavy (non-hydrogen) atoms. The number of nitrogens with zero attached hydrogens (tertiary/aromatic N) is 4. The molecule has 0 radical (unpaired) electrons. The molecule has 0 aliphatic rings. The molecule has 0 bridgehead atoms. The molecule has 0 amide bonds. The van der Waals surface area contributed by atoms with Crippen LogP contribution in [0.3, 0.4) is 0 Å². The van der Waals surface area contributed by atoms with Gasteiger partial charge in [-0.2, -0.15) is 10.2 Å². The Hall–Kier alpha value is -2.67. The fourth-order valence-electron chi connectivity index (χ4n) is 2.03. The first-order valence-corrected chi connectivity index (χ1v) is 6.54. The second kappa shape index (κ2) is 5.76. The van der Waals surface area contributed by atoms with Crippen LogP contribution in [0, 0.1) is 0 Å². The lowest BCUT2D eigenvalue weighted by atomic mass is 10.1. The average molecular weight is 284 g/mol. The lowest BCUT2D eigenvalue weighted by Gasteiger charge is -2.08. The molecule has 0 aliphatic heterocycles. The van der Waals surface area contributed by atoms with Crippen LogP contribution in [0.4, 0.5) is 0 Å². The molecule has 0 fully saturated rings. The number of aromatic amines is 1. The lowest BCUT2D eigenvalue weighted by molar-refractivity contribution is 0.414. The average Bonchev–Trinajstić information content (AvgIpc) is 3.19. The van der Waals surface area contributed by atoms with E-state index in [1.807, 2.05) is 36.5 Å². The number of methoxy groups -OCH3 is 1. The molecule has 3 rings (SSSR count). The molecule has 0 saturated carbocycles. The van der Waals surface area contributed by atoms with Gasteiger partial charge in [-0.15, -0.1) is 0 Å². The molecule has 1 atom stereocenters. The van der Waals surface area contributed by atoms with Crippen molar-refractivity contribution in [2.75, 3.05) is 7.11 Å². The first-order valence-electron chi connectivity index (χ1n) is 6.54. The fraction of sp³-hybridized carbons (Fsp3) is 0.214. The summed E-state index contributed by atoms with van der Waals surface area (Å²) in [6.45, 7) is 0.537. The van der Waals surface area contributed by atoms with Crippen LogP contribution in [0.25, 0.3) is 0 Å². The van der Waals surface area contributed by atoms with Crippen molar-refractivity contribution in [1.29, 1.82) is 0 Å².